The van der Waals surface area contributed by atoms with Crippen LogP contribution in [0.5, 0.6) is 5.75 Å². The van der Waals surface area contributed by atoms with Crippen molar-refractivity contribution in [1.29, 1.82) is 0 Å². The molecule has 0 spiro atoms. The molecule has 1 N–H and O–H groups in total. The fourth-order valence-electron chi connectivity index (χ4n) is 1.75. The van der Waals surface area contributed by atoms with Gasteiger partial charge in [-0.3, -0.25) is 0 Å². The minimum atomic E-state index is 0.365. The maximum atomic E-state index is 5.96. The van der Waals surface area contributed by atoms with Crippen molar-refractivity contribution < 1.29 is 4.74 Å². The number of ether oxygens (including phenoxy) is 1. The molecule has 0 unspecified atom stereocenters. The highest BCUT2D eigenvalue weighted by Crippen LogP contribution is 2.28. The fourth-order valence-corrected chi connectivity index (χ4v) is 1.75. The van der Waals surface area contributed by atoms with Crippen molar-refractivity contribution >= 4 is 0 Å². The third-order valence-electron chi connectivity index (χ3n) is 2.83. The lowest BCUT2D eigenvalue weighted by molar-refractivity contribution is 0.140. The second-order valence-corrected chi connectivity index (χ2v) is 4.59. The topological polar surface area (TPSA) is 21.3 Å². The summed E-state index contributed by atoms with van der Waals surface area (Å²) >= 11 is 0. The van der Waals surface area contributed by atoms with Crippen LogP contribution < -0.4 is 10.1 Å². The molecule has 0 saturated carbocycles. The summed E-state index contributed by atoms with van der Waals surface area (Å²) in [6.45, 7) is 8.47. The Morgan fingerprint density at radius 2 is 2.07 bits per heavy atom. The Morgan fingerprint density at radius 1 is 1.33 bits per heavy atom. The van der Waals surface area contributed by atoms with Crippen molar-refractivity contribution in [1.82, 2.24) is 5.32 Å². The number of hydrogen-bond acceptors (Lipinski definition) is 2. The molecule has 1 aromatic rings. The molecule has 1 fully saturated rings. The van der Waals surface area contributed by atoms with Gasteiger partial charge < -0.3 is 10.1 Å². The van der Waals surface area contributed by atoms with Crippen molar-refractivity contribution in [3.8, 4) is 5.75 Å². The summed E-state index contributed by atoms with van der Waals surface area (Å²) < 4.78 is 5.96. The number of aryl methyl sites for hydroxylation is 1. The van der Waals surface area contributed by atoms with Crippen molar-refractivity contribution in [2.24, 2.45) is 0 Å². The molecular formula is C13H19NO. The molecule has 2 rings (SSSR count). The summed E-state index contributed by atoms with van der Waals surface area (Å²) in [4.78, 5) is 0. The van der Waals surface area contributed by atoms with Crippen LogP contribution in [-0.2, 0) is 0 Å². The van der Waals surface area contributed by atoms with Crippen LogP contribution in [0, 0.1) is 6.92 Å². The quantitative estimate of drug-likeness (QED) is 0.818. The molecular weight excluding hydrogens is 186 g/mol. The first-order chi connectivity index (χ1) is 7.16. The molecule has 2 heteroatoms. The monoisotopic (exact) mass is 205 g/mol. The Bertz CT molecular complexity index is 342. The molecule has 1 aromatic carbocycles. The first kappa shape index (κ1) is 10.5. The van der Waals surface area contributed by atoms with Gasteiger partial charge in [-0.1, -0.05) is 26.0 Å². The maximum Gasteiger partial charge on any atom is 0.123 e. The molecule has 0 aliphatic carbocycles. The summed E-state index contributed by atoms with van der Waals surface area (Å²) in [7, 11) is 0. The second-order valence-electron chi connectivity index (χ2n) is 4.59. The summed E-state index contributed by atoms with van der Waals surface area (Å²) in [6.07, 6.45) is 0.365. The van der Waals surface area contributed by atoms with Gasteiger partial charge in [-0.15, -0.1) is 0 Å². The minimum Gasteiger partial charge on any atom is -0.487 e. The number of hydrogen-bond donors (Lipinski definition) is 1. The van der Waals surface area contributed by atoms with E-state index in [4.69, 9.17) is 4.74 Å². The van der Waals surface area contributed by atoms with E-state index in [-0.39, 0.29) is 0 Å². The molecule has 1 saturated heterocycles. The molecule has 1 aliphatic heterocycles. The van der Waals surface area contributed by atoms with E-state index in [2.05, 4.69) is 44.3 Å². The molecule has 2 nitrogen and oxygen atoms in total. The fraction of sp³-hybridized carbons (Fsp3) is 0.538. The Morgan fingerprint density at radius 3 is 2.60 bits per heavy atom. The first-order valence-corrected chi connectivity index (χ1v) is 5.64. The normalized spacial score (nSPS) is 16.5. The maximum absolute atomic E-state index is 5.96. The molecule has 0 radical (unpaired) electrons. The van der Waals surface area contributed by atoms with Gasteiger partial charge in [0.2, 0.25) is 0 Å². The molecule has 15 heavy (non-hydrogen) atoms. The molecule has 1 aliphatic rings. The summed E-state index contributed by atoms with van der Waals surface area (Å²) in [5, 5.41) is 3.22. The van der Waals surface area contributed by atoms with Crippen LogP contribution in [0.15, 0.2) is 18.2 Å². The van der Waals surface area contributed by atoms with Gasteiger partial charge in [0, 0.05) is 13.1 Å². The van der Waals surface area contributed by atoms with Gasteiger partial charge in [-0.2, -0.15) is 0 Å². The molecule has 0 aromatic heterocycles. The van der Waals surface area contributed by atoms with Crippen molar-refractivity contribution in [3.63, 3.8) is 0 Å². The molecule has 0 bridgehead atoms. The average Bonchev–Trinajstić information content (AvgIpc) is 2.11. The van der Waals surface area contributed by atoms with Gasteiger partial charge in [0.1, 0.15) is 11.9 Å². The lowest BCUT2D eigenvalue weighted by Crippen LogP contribution is -2.50. The number of rotatable bonds is 3. The number of benzene rings is 1. The van der Waals surface area contributed by atoms with Crippen LogP contribution in [0.1, 0.15) is 30.9 Å². The van der Waals surface area contributed by atoms with Crippen molar-refractivity contribution in [2.45, 2.75) is 32.8 Å². The Kier molecular flexibility index (Phi) is 2.96. The third-order valence-corrected chi connectivity index (χ3v) is 2.83. The Labute approximate surface area is 91.6 Å². The lowest BCUT2D eigenvalue weighted by atomic mass is 10.0. The average molecular weight is 205 g/mol. The van der Waals surface area contributed by atoms with Gasteiger partial charge in [0.05, 0.1) is 0 Å². The highest BCUT2D eigenvalue weighted by atomic mass is 16.5. The largest absolute Gasteiger partial charge is 0.487 e. The van der Waals surface area contributed by atoms with Crippen LogP contribution in [0.3, 0.4) is 0 Å². The summed E-state index contributed by atoms with van der Waals surface area (Å²) in [5.41, 5.74) is 2.58. The molecule has 0 atom stereocenters. The van der Waals surface area contributed by atoms with Gasteiger partial charge in [-0.25, -0.2) is 0 Å². The van der Waals surface area contributed by atoms with E-state index in [1.807, 2.05) is 0 Å². The molecule has 0 amide bonds. The van der Waals surface area contributed by atoms with E-state index < -0.39 is 0 Å². The van der Waals surface area contributed by atoms with Crippen LogP contribution in [0.4, 0.5) is 0 Å². The Balaban J connectivity index is 2.21. The first-order valence-electron chi connectivity index (χ1n) is 5.64. The van der Waals surface area contributed by atoms with Gasteiger partial charge in [0.25, 0.3) is 0 Å². The van der Waals surface area contributed by atoms with Gasteiger partial charge in [-0.05, 0) is 30.0 Å². The van der Waals surface area contributed by atoms with Crippen LogP contribution in [-0.4, -0.2) is 19.2 Å². The number of nitrogens with one attached hydrogen (secondary N) is 1. The Hall–Kier alpha value is -1.02. The van der Waals surface area contributed by atoms with Gasteiger partial charge >= 0.3 is 0 Å². The van der Waals surface area contributed by atoms with E-state index >= 15 is 0 Å². The highest BCUT2D eigenvalue weighted by Gasteiger charge is 2.20. The third kappa shape index (κ3) is 2.32. The lowest BCUT2D eigenvalue weighted by Gasteiger charge is -2.29. The van der Waals surface area contributed by atoms with Crippen LogP contribution in [0.2, 0.25) is 0 Å². The van der Waals surface area contributed by atoms with E-state index in [0.717, 1.165) is 18.8 Å². The van der Waals surface area contributed by atoms with Crippen LogP contribution in [0.25, 0.3) is 0 Å². The zero-order valence-corrected chi connectivity index (χ0v) is 9.71. The van der Waals surface area contributed by atoms with E-state index in [1.54, 1.807) is 0 Å². The van der Waals surface area contributed by atoms with E-state index in [0.29, 0.717) is 12.0 Å². The highest BCUT2D eigenvalue weighted by molar-refractivity contribution is 5.39. The van der Waals surface area contributed by atoms with Crippen molar-refractivity contribution in [2.75, 3.05) is 13.1 Å². The SMILES string of the molecule is Cc1ccc(C(C)C)c(OC2CNC2)c1. The zero-order chi connectivity index (χ0) is 10.8. The van der Waals surface area contributed by atoms with Gasteiger partial charge in [0.15, 0.2) is 0 Å². The second kappa shape index (κ2) is 4.23. The summed E-state index contributed by atoms with van der Waals surface area (Å²) in [5.74, 6) is 1.59. The molecule has 82 valence electrons. The predicted molar refractivity (Wildman–Crippen MR) is 62.6 cm³/mol. The predicted octanol–water partition coefficient (Wildman–Crippen LogP) is 2.47. The zero-order valence-electron chi connectivity index (χ0n) is 9.71. The smallest absolute Gasteiger partial charge is 0.123 e. The van der Waals surface area contributed by atoms with E-state index in [1.165, 1.54) is 11.1 Å². The standard InChI is InChI=1S/C13H19NO/c1-9(2)12-5-4-10(3)6-13(12)15-11-7-14-8-11/h4-6,9,11,14H,7-8H2,1-3H3. The van der Waals surface area contributed by atoms with Crippen LogP contribution >= 0.6 is 0 Å². The summed E-state index contributed by atoms with van der Waals surface area (Å²) in [6, 6.07) is 6.48. The van der Waals surface area contributed by atoms with Crippen molar-refractivity contribution in [3.05, 3.63) is 29.3 Å². The van der Waals surface area contributed by atoms with E-state index in [9.17, 15) is 0 Å². The molecule has 1 heterocycles. The minimum absolute atomic E-state index is 0.365.